The lowest BCUT2D eigenvalue weighted by molar-refractivity contribution is -0.137. The van der Waals surface area contributed by atoms with E-state index >= 15 is 0 Å². The van der Waals surface area contributed by atoms with Crippen molar-refractivity contribution in [3.63, 3.8) is 0 Å². The van der Waals surface area contributed by atoms with Crippen LogP contribution < -0.4 is 19.6 Å². The van der Waals surface area contributed by atoms with E-state index in [1.165, 1.54) is 33.6 Å². The smallest absolute Gasteiger partial charge is 0.417 e. The third-order valence-electron chi connectivity index (χ3n) is 3.21. The average Bonchev–Trinajstić information content (AvgIpc) is 2.60. The van der Waals surface area contributed by atoms with Gasteiger partial charge in [-0.3, -0.25) is 5.43 Å². The highest BCUT2D eigenvalue weighted by Crippen LogP contribution is 2.33. The van der Waals surface area contributed by atoms with Gasteiger partial charge < -0.3 is 14.2 Å². The summed E-state index contributed by atoms with van der Waals surface area (Å²) >= 11 is 0. The number of aromatic nitrogens is 1. The monoisotopic (exact) mass is 355 g/mol. The van der Waals surface area contributed by atoms with E-state index in [0.29, 0.717) is 22.8 Å². The predicted octanol–water partition coefficient (Wildman–Crippen LogP) is 3.57. The minimum Gasteiger partial charge on any atom is -0.496 e. The zero-order chi connectivity index (χ0) is 18.4. The Morgan fingerprint density at radius 1 is 1.00 bits per heavy atom. The number of methoxy groups -OCH3 is 3. The number of hydrogen-bond donors (Lipinski definition) is 1. The largest absolute Gasteiger partial charge is 0.496 e. The van der Waals surface area contributed by atoms with Crippen molar-refractivity contribution in [2.24, 2.45) is 5.10 Å². The molecule has 134 valence electrons. The molecule has 0 saturated carbocycles. The quantitative estimate of drug-likeness (QED) is 0.634. The van der Waals surface area contributed by atoms with Crippen LogP contribution in [0.15, 0.2) is 35.6 Å². The number of alkyl halides is 3. The van der Waals surface area contributed by atoms with Gasteiger partial charge in [0.1, 0.15) is 11.6 Å². The van der Waals surface area contributed by atoms with Gasteiger partial charge in [0.2, 0.25) is 0 Å². The van der Waals surface area contributed by atoms with E-state index in [1.54, 1.807) is 12.1 Å². The van der Waals surface area contributed by atoms with Crippen molar-refractivity contribution in [2.45, 2.75) is 6.18 Å². The fraction of sp³-hybridized carbons (Fsp3) is 0.250. The fourth-order valence-electron chi connectivity index (χ4n) is 1.95. The number of benzene rings is 1. The Hall–Kier alpha value is -2.97. The van der Waals surface area contributed by atoms with E-state index in [4.69, 9.17) is 14.2 Å². The lowest BCUT2D eigenvalue weighted by atomic mass is 10.2. The van der Waals surface area contributed by atoms with Gasteiger partial charge in [0, 0.05) is 17.8 Å². The van der Waals surface area contributed by atoms with Crippen LogP contribution in [0.4, 0.5) is 19.0 Å². The van der Waals surface area contributed by atoms with E-state index < -0.39 is 11.7 Å². The molecule has 1 aromatic heterocycles. The van der Waals surface area contributed by atoms with Crippen molar-refractivity contribution >= 4 is 12.0 Å². The van der Waals surface area contributed by atoms with Gasteiger partial charge in [-0.15, -0.1) is 0 Å². The number of nitrogens with one attached hydrogen (secondary N) is 1. The molecule has 0 unspecified atom stereocenters. The van der Waals surface area contributed by atoms with Crippen LogP contribution in [-0.4, -0.2) is 32.5 Å². The predicted molar refractivity (Wildman–Crippen MR) is 86.6 cm³/mol. The average molecular weight is 355 g/mol. The topological polar surface area (TPSA) is 65.0 Å². The molecular formula is C16H16F3N3O3. The highest BCUT2D eigenvalue weighted by atomic mass is 19.4. The van der Waals surface area contributed by atoms with Crippen LogP contribution >= 0.6 is 0 Å². The number of halogens is 3. The number of nitrogens with zero attached hydrogens (tertiary/aromatic N) is 2. The molecule has 1 heterocycles. The summed E-state index contributed by atoms with van der Waals surface area (Å²) in [6, 6.07) is 5.40. The molecule has 0 spiro atoms. The Morgan fingerprint density at radius 3 is 2.16 bits per heavy atom. The van der Waals surface area contributed by atoms with E-state index in [1.807, 2.05) is 0 Å². The number of rotatable bonds is 6. The Bertz CT molecular complexity index is 747. The third kappa shape index (κ3) is 4.52. The van der Waals surface area contributed by atoms with Gasteiger partial charge in [0.25, 0.3) is 0 Å². The highest BCUT2D eigenvalue weighted by molar-refractivity contribution is 5.85. The molecule has 1 aromatic carbocycles. The van der Waals surface area contributed by atoms with Gasteiger partial charge >= 0.3 is 6.18 Å². The van der Waals surface area contributed by atoms with Crippen molar-refractivity contribution in [3.8, 4) is 17.2 Å². The molecule has 2 rings (SSSR count). The normalized spacial score (nSPS) is 11.4. The SMILES string of the molecule is COc1cc(OC)c(OC)cc1/C=N\Nc1ccc(C(F)(F)F)cn1. The van der Waals surface area contributed by atoms with Crippen LogP contribution in [0.2, 0.25) is 0 Å². The lowest BCUT2D eigenvalue weighted by Crippen LogP contribution is -2.05. The van der Waals surface area contributed by atoms with Crippen LogP contribution in [0.1, 0.15) is 11.1 Å². The van der Waals surface area contributed by atoms with E-state index in [9.17, 15) is 13.2 Å². The maximum atomic E-state index is 12.5. The Kier molecular flexibility index (Phi) is 5.68. The standard InChI is InChI=1S/C16H16F3N3O3/c1-23-12-7-14(25-3)13(24-2)6-10(12)8-21-22-15-5-4-11(9-20-15)16(17,18)19/h4-9H,1-3H3,(H,20,22)/b21-8-. The van der Waals surface area contributed by atoms with Crippen molar-refractivity contribution in [1.82, 2.24) is 4.98 Å². The molecule has 9 heteroatoms. The number of pyridine rings is 1. The van der Waals surface area contributed by atoms with Gasteiger partial charge in [-0.05, 0) is 18.2 Å². The molecule has 2 aromatic rings. The van der Waals surface area contributed by atoms with Crippen molar-refractivity contribution in [1.29, 1.82) is 0 Å². The Labute approximate surface area is 142 Å². The minimum absolute atomic E-state index is 0.170. The summed E-state index contributed by atoms with van der Waals surface area (Å²) < 4.78 is 53.1. The van der Waals surface area contributed by atoms with Gasteiger partial charge in [-0.1, -0.05) is 0 Å². The van der Waals surface area contributed by atoms with Crippen molar-refractivity contribution < 1.29 is 27.4 Å². The molecule has 6 nitrogen and oxygen atoms in total. The fourth-order valence-corrected chi connectivity index (χ4v) is 1.95. The maximum Gasteiger partial charge on any atom is 0.417 e. The molecule has 0 aliphatic carbocycles. The van der Waals surface area contributed by atoms with Crippen LogP contribution in [0.25, 0.3) is 0 Å². The molecule has 0 bridgehead atoms. The number of hydrazone groups is 1. The van der Waals surface area contributed by atoms with Crippen LogP contribution in [0.5, 0.6) is 17.2 Å². The minimum atomic E-state index is -4.43. The van der Waals surface area contributed by atoms with E-state index in [0.717, 1.165) is 12.3 Å². The molecule has 0 saturated heterocycles. The van der Waals surface area contributed by atoms with E-state index in [2.05, 4.69) is 15.5 Å². The first-order chi connectivity index (χ1) is 11.9. The number of ether oxygens (including phenoxy) is 3. The molecule has 0 fully saturated rings. The Balaban J connectivity index is 2.16. The number of hydrogen-bond acceptors (Lipinski definition) is 6. The zero-order valence-corrected chi connectivity index (χ0v) is 13.7. The maximum absolute atomic E-state index is 12.5. The number of anilines is 1. The Morgan fingerprint density at radius 2 is 1.64 bits per heavy atom. The van der Waals surface area contributed by atoms with Gasteiger partial charge in [-0.2, -0.15) is 18.3 Å². The summed E-state index contributed by atoms with van der Waals surface area (Å²) in [5.74, 6) is 1.64. The summed E-state index contributed by atoms with van der Waals surface area (Å²) in [6.07, 6.45) is -2.27. The second-order valence-corrected chi connectivity index (χ2v) is 4.75. The molecular weight excluding hydrogens is 339 g/mol. The molecule has 0 atom stereocenters. The first kappa shape index (κ1) is 18.4. The summed E-state index contributed by atoms with van der Waals surface area (Å²) in [5, 5.41) is 3.95. The third-order valence-corrected chi connectivity index (χ3v) is 3.21. The van der Waals surface area contributed by atoms with Crippen molar-refractivity contribution in [2.75, 3.05) is 26.8 Å². The molecule has 0 aliphatic heterocycles. The van der Waals surface area contributed by atoms with E-state index in [-0.39, 0.29) is 5.82 Å². The summed E-state index contributed by atoms with van der Waals surface area (Å²) in [4.78, 5) is 3.66. The second-order valence-electron chi connectivity index (χ2n) is 4.75. The molecule has 1 N–H and O–H groups in total. The molecule has 25 heavy (non-hydrogen) atoms. The highest BCUT2D eigenvalue weighted by Gasteiger charge is 2.30. The van der Waals surface area contributed by atoms with Crippen LogP contribution in [0, 0.1) is 0 Å². The molecule has 0 amide bonds. The van der Waals surface area contributed by atoms with Crippen molar-refractivity contribution in [3.05, 3.63) is 41.6 Å². The second kappa shape index (κ2) is 7.73. The first-order valence-electron chi connectivity index (χ1n) is 7.01. The first-order valence-corrected chi connectivity index (χ1v) is 7.01. The zero-order valence-electron chi connectivity index (χ0n) is 13.7. The van der Waals surface area contributed by atoms with Gasteiger partial charge in [0.05, 0.1) is 33.1 Å². The summed E-state index contributed by atoms with van der Waals surface area (Å²) in [6.45, 7) is 0. The van der Waals surface area contributed by atoms with Gasteiger partial charge in [-0.25, -0.2) is 4.98 Å². The van der Waals surface area contributed by atoms with Gasteiger partial charge in [0.15, 0.2) is 11.5 Å². The summed E-state index contributed by atoms with van der Waals surface area (Å²) in [5.41, 5.74) is 2.31. The van der Waals surface area contributed by atoms with Crippen LogP contribution in [0.3, 0.4) is 0 Å². The summed E-state index contributed by atoms with van der Waals surface area (Å²) in [7, 11) is 4.49. The molecule has 0 aliphatic rings. The molecule has 0 radical (unpaired) electrons. The van der Waals surface area contributed by atoms with Crippen LogP contribution in [-0.2, 0) is 6.18 Å². The lowest BCUT2D eigenvalue weighted by Gasteiger charge is -2.11.